The number of aryl methyl sites for hydroxylation is 2. The van der Waals surface area contributed by atoms with Gasteiger partial charge in [-0.05, 0) is 63.1 Å². The Hall–Kier alpha value is -2.49. The molecule has 0 amide bonds. The minimum Gasteiger partial charge on any atom is -0.507 e. The van der Waals surface area contributed by atoms with Crippen LogP contribution in [0.4, 0.5) is 0 Å². The number of phenolic OH excluding ortho intramolecular Hbond substituents is 2. The van der Waals surface area contributed by atoms with Crippen LogP contribution < -0.4 is 0 Å². The molecule has 4 heteroatoms. The molecule has 0 spiro atoms. The van der Waals surface area contributed by atoms with Gasteiger partial charge in [-0.1, -0.05) is 43.6 Å². The number of phenols is 2. The fourth-order valence-corrected chi connectivity index (χ4v) is 4.63. The van der Waals surface area contributed by atoms with Crippen molar-refractivity contribution in [1.29, 1.82) is 0 Å². The van der Waals surface area contributed by atoms with Crippen molar-refractivity contribution >= 4 is 0 Å². The number of aromatic nitrogens is 2. The molecule has 1 aromatic carbocycles. The highest BCUT2D eigenvalue weighted by atomic mass is 16.3. The van der Waals surface area contributed by atoms with E-state index in [0.717, 1.165) is 60.9 Å². The number of allylic oxidation sites excluding steroid dienone is 3. The van der Waals surface area contributed by atoms with Crippen LogP contribution >= 0.6 is 0 Å². The molecular weight excluding hydrogens is 360 g/mol. The second kappa shape index (κ2) is 8.89. The van der Waals surface area contributed by atoms with E-state index in [2.05, 4.69) is 31.6 Å². The number of nitrogens with zero attached hydrogens (tertiary/aromatic N) is 2. The highest BCUT2D eigenvalue weighted by Crippen LogP contribution is 2.50. The van der Waals surface area contributed by atoms with Crippen LogP contribution in [-0.4, -0.2) is 20.0 Å². The third-order valence-electron chi connectivity index (χ3n) is 6.24. The highest BCUT2D eigenvalue weighted by molar-refractivity contribution is 5.76. The molecule has 29 heavy (non-hydrogen) atoms. The fourth-order valence-electron chi connectivity index (χ4n) is 4.63. The summed E-state index contributed by atoms with van der Waals surface area (Å²) in [4.78, 5) is 0. The van der Waals surface area contributed by atoms with Crippen LogP contribution in [0.3, 0.4) is 0 Å². The van der Waals surface area contributed by atoms with Crippen molar-refractivity contribution in [2.24, 2.45) is 13.0 Å². The predicted molar refractivity (Wildman–Crippen MR) is 119 cm³/mol. The van der Waals surface area contributed by atoms with E-state index >= 15 is 0 Å². The molecule has 2 N–H and O–H groups in total. The summed E-state index contributed by atoms with van der Waals surface area (Å²) < 4.78 is 1.79. The first-order valence-electron chi connectivity index (χ1n) is 10.7. The Kier molecular flexibility index (Phi) is 6.51. The van der Waals surface area contributed by atoms with E-state index in [0.29, 0.717) is 5.56 Å². The third-order valence-corrected chi connectivity index (χ3v) is 6.24. The largest absolute Gasteiger partial charge is 0.507 e. The maximum atomic E-state index is 11.5. The van der Waals surface area contributed by atoms with Gasteiger partial charge in [-0.3, -0.25) is 4.68 Å². The molecule has 156 valence electrons. The fraction of sp³-hybridized carbons (Fsp3) is 0.480. The van der Waals surface area contributed by atoms with Crippen molar-refractivity contribution in [3.8, 4) is 22.8 Å². The lowest BCUT2D eigenvalue weighted by atomic mass is 9.73. The van der Waals surface area contributed by atoms with Crippen molar-refractivity contribution in [2.75, 3.05) is 0 Å². The van der Waals surface area contributed by atoms with Gasteiger partial charge in [-0.2, -0.15) is 5.10 Å². The Labute approximate surface area is 174 Å². The van der Waals surface area contributed by atoms with Gasteiger partial charge in [-0.15, -0.1) is 0 Å². The van der Waals surface area contributed by atoms with E-state index in [-0.39, 0.29) is 23.3 Å². The molecule has 0 aliphatic heterocycles. The van der Waals surface area contributed by atoms with Crippen LogP contribution in [0, 0.1) is 5.92 Å². The lowest BCUT2D eigenvalue weighted by Crippen LogP contribution is -2.17. The van der Waals surface area contributed by atoms with Crippen LogP contribution in [-0.2, 0) is 13.5 Å². The molecule has 4 nitrogen and oxygen atoms in total. The van der Waals surface area contributed by atoms with Gasteiger partial charge in [-0.25, -0.2) is 0 Å². The average Bonchev–Trinajstić information content (AvgIpc) is 3.07. The van der Waals surface area contributed by atoms with E-state index < -0.39 is 0 Å². The summed E-state index contributed by atoms with van der Waals surface area (Å²) in [6.07, 6.45) is 10.1. The number of hydrogen-bond acceptors (Lipinski definition) is 3. The third kappa shape index (κ3) is 4.26. The lowest BCUT2D eigenvalue weighted by Gasteiger charge is -2.32. The quantitative estimate of drug-likeness (QED) is 0.431. The highest BCUT2D eigenvalue weighted by Gasteiger charge is 2.32. The van der Waals surface area contributed by atoms with Gasteiger partial charge in [0.25, 0.3) is 0 Å². The van der Waals surface area contributed by atoms with Gasteiger partial charge >= 0.3 is 0 Å². The van der Waals surface area contributed by atoms with Crippen molar-refractivity contribution in [3.05, 3.63) is 53.3 Å². The zero-order valence-corrected chi connectivity index (χ0v) is 18.2. The number of unbranched alkanes of at least 4 members (excludes halogenated alkanes) is 2. The number of aromatic hydroxyl groups is 2. The molecule has 2 atom stereocenters. The van der Waals surface area contributed by atoms with Gasteiger partial charge in [0.05, 0.1) is 5.69 Å². The van der Waals surface area contributed by atoms with Crippen molar-refractivity contribution < 1.29 is 10.2 Å². The maximum Gasteiger partial charge on any atom is 0.132 e. The van der Waals surface area contributed by atoms with Gasteiger partial charge in [0.15, 0.2) is 0 Å². The first kappa shape index (κ1) is 21.2. The van der Waals surface area contributed by atoms with E-state index in [4.69, 9.17) is 0 Å². The summed E-state index contributed by atoms with van der Waals surface area (Å²) in [5.41, 5.74) is 5.65. The predicted octanol–water partition coefficient (Wildman–Crippen LogP) is 6.25. The first-order valence-corrected chi connectivity index (χ1v) is 10.7. The number of rotatable bonds is 7. The van der Waals surface area contributed by atoms with E-state index in [1.54, 1.807) is 10.9 Å². The van der Waals surface area contributed by atoms with Crippen molar-refractivity contribution in [3.63, 3.8) is 0 Å². The molecule has 0 unspecified atom stereocenters. The molecule has 1 aromatic heterocycles. The van der Waals surface area contributed by atoms with E-state index in [1.165, 1.54) is 5.57 Å². The van der Waals surface area contributed by atoms with Gasteiger partial charge in [0, 0.05) is 30.3 Å². The van der Waals surface area contributed by atoms with Crippen LogP contribution in [0.15, 0.2) is 42.1 Å². The molecule has 0 radical (unpaired) electrons. The van der Waals surface area contributed by atoms with Crippen LogP contribution in [0.5, 0.6) is 11.5 Å². The Bertz CT molecular complexity index is 923. The molecule has 3 rings (SSSR count). The zero-order valence-electron chi connectivity index (χ0n) is 18.2. The monoisotopic (exact) mass is 394 g/mol. The van der Waals surface area contributed by atoms with Gasteiger partial charge < -0.3 is 10.2 Å². The Balaban J connectivity index is 2.19. The summed E-state index contributed by atoms with van der Waals surface area (Å²) >= 11 is 0. The summed E-state index contributed by atoms with van der Waals surface area (Å²) in [6, 6.07) is 3.79. The Morgan fingerprint density at radius 3 is 2.69 bits per heavy atom. The number of hydrogen-bond donors (Lipinski definition) is 2. The standard InChI is InChI=1S/C25H34N2O2/c1-6-7-8-9-18-15-22(28)24(20-14-17(4)10-11-19(20)16(2)3)25(29)23(18)21-12-13-26-27(21)5/h12-15,19-20,28-29H,2,6-11H2,1,3-5H3/t19-,20+/m0/s1. The SMILES string of the molecule is C=C(C)[C@@H]1CCC(C)=C[C@H]1c1c(O)cc(CCCCC)c(-c2ccnn2C)c1O. The molecule has 1 aliphatic rings. The lowest BCUT2D eigenvalue weighted by molar-refractivity contribution is 0.406. The van der Waals surface area contributed by atoms with Crippen LogP contribution in [0.25, 0.3) is 11.3 Å². The number of benzene rings is 1. The summed E-state index contributed by atoms with van der Waals surface area (Å²) in [5, 5.41) is 26.8. The molecule has 0 fully saturated rings. The maximum absolute atomic E-state index is 11.5. The van der Waals surface area contributed by atoms with Gasteiger partial charge in [0.1, 0.15) is 11.5 Å². The molecule has 0 saturated carbocycles. The molecule has 1 heterocycles. The average molecular weight is 395 g/mol. The minimum absolute atomic E-state index is 0.0714. The molecule has 2 aromatic rings. The summed E-state index contributed by atoms with van der Waals surface area (Å²) in [6.45, 7) is 10.5. The normalized spacial score (nSPS) is 19.2. The summed E-state index contributed by atoms with van der Waals surface area (Å²) in [5.74, 6) is 0.503. The van der Waals surface area contributed by atoms with Crippen molar-refractivity contribution in [2.45, 2.75) is 65.2 Å². The zero-order chi connectivity index (χ0) is 21.1. The molecule has 0 bridgehead atoms. The topological polar surface area (TPSA) is 58.3 Å². The molecular formula is C25H34N2O2. The minimum atomic E-state index is -0.0714. The Morgan fingerprint density at radius 1 is 1.31 bits per heavy atom. The smallest absolute Gasteiger partial charge is 0.132 e. The van der Waals surface area contributed by atoms with Crippen molar-refractivity contribution in [1.82, 2.24) is 9.78 Å². The van der Waals surface area contributed by atoms with Gasteiger partial charge in [0.2, 0.25) is 0 Å². The van der Waals surface area contributed by atoms with Crippen LogP contribution in [0.2, 0.25) is 0 Å². The summed E-state index contributed by atoms with van der Waals surface area (Å²) in [7, 11) is 1.89. The molecule has 0 saturated heterocycles. The van der Waals surface area contributed by atoms with E-state index in [9.17, 15) is 10.2 Å². The van der Waals surface area contributed by atoms with Crippen LogP contribution in [0.1, 0.15) is 69.9 Å². The Morgan fingerprint density at radius 2 is 2.07 bits per heavy atom. The second-order valence-electron chi connectivity index (χ2n) is 8.52. The van der Waals surface area contributed by atoms with E-state index in [1.807, 2.05) is 26.1 Å². The first-order chi connectivity index (χ1) is 13.8. The molecule has 1 aliphatic carbocycles. The second-order valence-corrected chi connectivity index (χ2v) is 8.52.